The average molecular weight is 402 g/mol. The number of cyclic esters (lactones) is 1. The normalized spacial score (nSPS) is 38.3. The van der Waals surface area contributed by atoms with Crippen molar-refractivity contribution in [2.75, 3.05) is 13.2 Å². The largest absolute Gasteiger partial charge is 0.458 e. The maximum absolute atomic E-state index is 12.3. The predicted octanol–water partition coefficient (Wildman–Crippen LogP) is 2.43. The zero-order valence-electron chi connectivity index (χ0n) is 17.3. The van der Waals surface area contributed by atoms with Crippen molar-refractivity contribution in [2.45, 2.75) is 58.1 Å². The lowest BCUT2D eigenvalue weighted by atomic mass is 9.46. The fourth-order valence-electron chi connectivity index (χ4n) is 6.26. The molecule has 7 heteroatoms. The number of allylic oxidation sites excluding steroid dienone is 1. The number of nitrogens with zero attached hydrogens (tertiary/aromatic N) is 3. The molecule has 0 amide bonds. The van der Waals surface area contributed by atoms with E-state index in [0.29, 0.717) is 25.0 Å². The molecule has 0 aromatic carbocycles. The number of aliphatic hydroxyl groups excluding tert-OH is 2. The molecule has 2 fully saturated rings. The second kappa shape index (κ2) is 7.36. The Balaban J connectivity index is 1.70. The number of esters is 1. The zero-order valence-corrected chi connectivity index (χ0v) is 17.3. The van der Waals surface area contributed by atoms with E-state index < -0.39 is 11.5 Å². The van der Waals surface area contributed by atoms with E-state index >= 15 is 0 Å². The summed E-state index contributed by atoms with van der Waals surface area (Å²) in [6.45, 7) is 8.94. The summed E-state index contributed by atoms with van der Waals surface area (Å²) >= 11 is 0. The van der Waals surface area contributed by atoms with Crippen LogP contribution in [0.4, 0.5) is 0 Å². The van der Waals surface area contributed by atoms with Crippen molar-refractivity contribution in [1.29, 1.82) is 0 Å². The zero-order chi connectivity index (χ0) is 20.8. The van der Waals surface area contributed by atoms with Crippen molar-refractivity contribution < 1.29 is 19.7 Å². The van der Waals surface area contributed by atoms with E-state index in [9.17, 15) is 15.0 Å². The number of carbonyl (C=O) groups excluding carboxylic acids is 1. The van der Waals surface area contributed by atoms with Crippen LogP contribution in [0.15, 0.2) is 36.5 Å². The lowest BCUT2D eigenvalue weighted by Crippen LogP contribution is -2.57. The third kappa shape index (κ3) is 3.15. The summed E-state index contributed by atoms with van der Waals surface area (Å²) in [5.74, 6) is 0.0242. The Morgan fingerprint density at radius 3 is 2.83 bits per heavy atom. The Morgan fingerprint density at radius 2 is 2.21 bits per heavy atom. The van der Waals surface area contributed by atoms with Crippen molar-refractivity contribution in [3.63, 3.8) is 0 Å². The highest BCUT2D eigenvalue weighted by molar-refractivity contribution is 5.91. The Bertz CT molecular complexity index is 820. The molecule has 1 aromatic rings. The topological polar surface area (TPSA) is 97.5 Å². The number of fused-ring (bicyclic) bond motifs is 1. The quantitative estimate of drug-likeness (QED) is 0.581. The van der Waals surface area contributed by atoms with Gasteiger partial charge in [-0.1, -0.05) is 26.0 Å². The van der Waals surface area contributed by atoms with Gasteiger partial charge < -0.3 is 14.9 Å². The van der Waals surface area contributed by atoms with Crippen molar-refractivity contribution in [1.82, 2.24) is 14.8 Å². The number of aliphatic hydroxyl groups is 2. The first-order valence-electron chi connectivity index (χ1n) is 10.5. The van der Waals surface area contributed by atoms with Crippen LogP contribution in [0.3, 0.4) is 0 Å². The highest BCUT2D eigenvalue weighted by Gasteiger charge is 2.58. The van der Waals surface area contributed by atoms with Gasteiger partial charge in [0.15, 0.2) is 0 Å². The maximum Gasteiger partial charge on any atom is 0.336 e. The minimum Gasteiger partial charge on any atom is -0.458 e. The summed E-state index contributed by atoms with van der Waals surface area (Å²) in [4.78, 5) is 16.4. The number of ether oxygens (including phenoxy) is 1. The van der Waals surface area contributed by atoms with Crippen LogP contribution in [0.2, 0.25) is 0 Å². The van der Waals surface area contributed by atoms with Gasteiger partial charge in [0.1, 0.15) is 19.3 Å². The van der Waals surface area contributed by atoms with E-state index in [4.69, 9.17) is 4.74 Å². The Labute approximate surface area is 171 Å². The van der Waals surface area contributed by atoms with Crippen LogP contribution in [0.25, 0.3) is 0 Å². The van der Waals surface area contributed by atoms with Crippen LogP contribution < -0.4 is 0 Å². The third-order valence-corrected chi connectivity index (χ3v) is 8.02. The molecule has 0 saturated heterocycles. The molecule has 7 nitrogen and oxygen atoms in total. The monoisotopic (exact) mass is 401 g/mol. The van der Waals surface area contributed by atoms with Gasteiger partial charge in [-0.25, -0.2) is 14.5 Å². The number of hydrogen-bond donors (Lipinski definition) is 2. The number of carbonyl (C=O) groups is 1. The maximum atomic E-state index is 12.3. The molecule has 3 unspecified atom stereocenters. The summed E-state index contributed by atoms with van der Waals surface area (Å²) < 4.78 is 6.91. The summed E-state index contributed by atoms with van der Waals surface area (Å²) in [6.07, 6.45) is 8.43. The van der Waals surface area contributed by atoms with Gasteiger partial charge in [-0.05, 0) is 55.4 Å². The summed E-state index contributed by atoms with van der Waals surface area (Å²) in [6, 6.07) is -0.267. The van der Waals surface area contributed by atoms with Crippen molar-refractivity contribution in [2.24, 2.45) is 22.7 Å². The van der Waals surface area contributed by atoms with Crippen LogP contribution in [0, 0.1) is 22.7 Å². The van der Waals surface area contributed by atoms with Crippen LogP contribution in [-0.4, -0.2) is 50.3 Å². The minimum absolute atomic E-state index is 0.0302. The number of hydrogen-bond acceptors (Lipinski definition) is 6. The lowest BCUT2D eigenvalue weighted by Gasteiger charge is -2.60. The molecule has 158 valence electrons. The van der Waals surface area contributed by atoms with Gasteiger partial charge >= 0.3 is 5.97 Å². The first-order valence-corrected chi connectivity index (χ1v) is 10.5. The molecule has 4 rings (SSSR count). The highest BCUT2D eigenvalue weighted by Crippen LogP contribution is 2.62. The van der Waals surface area contributed by atoms with E-state index in [1.54, 1.807) is 11.0 Å². The standard InChI is InChI=1S/C22H31N3O4/c1-14-4-5-18-21(2,8-6-19(27)22(18,3)11-26)16(14)10-17(25-13-23-12-24-25)15-7-9-29-20(15)28/h7,12-13,16-19,26-27H,1,4-6,8-11H2,2-3H3/t16-,17?,18?,19?,21+,22-/m0/s1. The SMILES string of the molecule is C=C1CCC2[C@](C)(CO)C(O)CC[C@]2(C)[C@H]1CC(C1=CCOC1=O)n1cncn1. The Morgan fingerprint density at radius 1 is 1.41 bits per heavy atom. The summed E-state index contributed by atoms with van der Waals surface area (Å²) in [5.41, 5.74) is 1.15. The van der Waals surface area contributed by atoms with Crippen molar-refractivity contribution in [3.8, 4) is 0 Å². The Kier molecular flexibility index (Phi) is 5.15. The van der Waals surface area contributed by atoms with Gasteiger partial charge in [-0.15, -0.1) is 0 Å². The number of rotatable bonds is 5. The molecule has 1 aliphatic heterocycles. The molecular weight excluding hydrogens is 370 g/mol. The number of aromatic nitrogens is 3. The van der Waals surface area contributed by atoms with Crippen LogP contribution in [0.5, 0.6) is 0 Å². The van der Waals surface area contributed by atoms with E-state index in [1.165, 1.54) is 11.9 Å². The van der Waals surface area contributed by atoms with E-state index in [1.807, 2.05) is 13.0 Å². The predicted molar refractivity (Wildman–Crippen MR) is 107 cm³/mol. The van der Waals surface area contributed by atoms with Crippen LogP contribution in [-0.2, 0) is 9.53 Å². The summed E-state index contributed by atoms with van der Waals surface area (Å²) in [7, 11) is 0. The van der Waals surface area contributed by atoms with Crippen LogP contribution in [0.1, 0.15) is 52.0 Å². The van der Waals surface area contributed by atoms with Gasteiger partial charge in [-0.2, -0.15) is 5.10 Å². The van der Waals surface area contributed by atoms with Gasteiger partial charge in [0.05, 0.1) is 24.3 Å². The van der Waals surface area contributed by atoms with Gasteiger partial charge in [0.25, 0.3) is 0 Å². The molecule has 1 aromatic heterocycles. The fourth-order valence-corrected chi connectivity index (χ4v) is 6.26. The molecule has 6 atom stereocenters. The fraction of sp³-hybridized carbons (Fsp3) is 0.682. The molecule has 2 saturated carbocycles. The molecular formula is C22H31N3O4. The molecule has 29 heavy (non-hydrogen) atoms. The third-order valence-electron chi connectivity index (χ3n) is 8.02. The summed E-state index contributed by atoms with van der Waals surface area (Å²) in [5, 5.41) is 25.2. The Hall–Kier alpha value is -1.99. The van der Waals surface area contributed by atoms with Gasteiger partial charge in [0, 0.05) is 5.41 Å². The van der Waals surface area contributed by atoms with Gasteiger partial charge in [-0.3, -0.25) is 0 Å². The van der Waals surface area contributed by atoms with Crippen molar-refractivity contribution >= 4 is 5.97 Å². The molecule has 0 spiro atoms. The van der Waals surface area contributed by atoms with Gasteiger partial charge in [0.2, 0.25) is 0 Å². The van der Waals surface area contributed by atoms with E-state index in [-0.39, 0.29) is 35.9 Å². The van der Waals surface area contributed by atoms with Crippen molar-refractivity contribution in [3.05, 3.63) is 36.5 Å². The first-order chi connectivity index (χ1) is 13.8. The second-order valence-electron chi connectivity index (χ2n) is 9.41. The first kappa shape index (κ1) is 20.3. The van der Waals surface area contributed by atoms with Crippen LogP contribution >= 0.6 is 0 Å². The lowest BCUT2D eigenvalue weighted by molar-refractivity contribution is -0.153. The minimum atomic E-state index is -0.528. The molecule has 3 aliphatic rings. The molecule has 2 aliphatic carbocycles. The van der Waals surface area contributed by atoms with E-state index in [2.05, 4.69) is 23.6 Å². The second-order valence-corrected chi connectivity index (χ2v) is 9.41. The van der Waals surface area contributed by atoms with E-state index in [0.717, 1.165) is 19.3 Å². The average Bonchev–Trinajstić information content (AvgIpc) is 3.37. The molecule has 2 N–H and O–H groups in total. The smallest absolute Gasteiger partial charge is 0.336 e. The highest BCUT2D eigenvalue weighted by atomic mass is 16.5. The molecule has 0 radical (unpaired) electrons. The molecule has 0 bridgehead atoms. The molecule has 2 heterocycles.